The average molecular weight is 380 g/mol. The number of anilines is 1. The fourth-order valence-electron chi connectivity index (χ4n) is 4.41. The quantitative estimate of drug-likeness (QED) is 0.851. The van der Waals surface area contributed by atoms with Gasteiger partial charge in [-0.2, -0.15) is 0 Å². The first-order valence-electron chi connectivity index (χ1n) is 10.6. The number of nitrogens with one attached hydrogen (secondary N) is 1. The molecule has 4 rings (SSSR count). The molecule has 150 valence electrons. The van der Waals surface area contributed by atoms with E-state index < -0.39 is 0 Å². The van der Waals surface area contributed by atoms with Crippen molar-refractivity contribution in [2.75, 3.05) is 24.6 Å². The van der Waals surface area contributed by atoms with Crippen molar-refractivity contribution in [2.45, 2.75) is 63.6 Å². The SMILES string of the molecule is CC(C)(C)c1ccc(N2CCC(N[C@H]3CCO[C@@H]3c3cccnc3)CC2)cc1. The highest BCUT2D eigenvalue weighted by atomic mass is 16.5. The van der Waals surface area contributed by atoms with E-state index >= 15 is 0 Å². The van der Waals surface area contributed by atoms with Gasteiger partial charge in [-0.1, -0.05) is 39.0 Å². The Morgan fingerprint density at radius 1 is 1.04 bits per heavy atom. The van der Waals surface area contributed by atoms with E-state index in [1.54, 1.807) is 0 Å². The van der Waals surface area contributed by atoms with Gasteiger partial charge in [-0.05, 0) is 48.4 Å². The van der Waals surface area contributed by atoms with Crippen LogP contribution in [0.25, 0.3) is 0 Å². The first kappa shape index (κ1) is 19.4. The van der Waals surface area contributed by atoms with Crippen molar-refractivity contribution in [3.8, 4) is 0 Å². The average Bonchev–Trinajstić information content (AvgIpc) is 3.17. The third-order valence-corrected chi connectivity index (χ3v) is 6.15. The van der Waals surface area contributed by atoms with Crippen LogP contribution in [0.3, 0.4) is 0 Å². The molecule has 0 spiro atoms. The van der Waals surface area contributed by atoms with Crippen LogP contribution in [-0.4, -0.2) is 36.8 Å². The van der Waals surface area contributed by atoms with Gasteiger partial charge in [0.2, 0.25) is 0 Å². The molecule has 2 aliphatic rings. The van der Waals surface area contributed by atoms with E-state index in [4.69, 9.17) is 4.74 Å². The molecule has 2 saturated heterocycles. The molecule has 2 atom stereocenters. The molecule has 4 heteroatoms. The van der Waals surface area contributed by atoms with Crippen molar-refractivity contribution < 1.29 is 4.74 Å². The summed E-state index contributed by atoms with van der Waals surface area (Å²) in [5.41, 5.74) is 4.15. The second-order valence-electron chi connectivity index (χ2n) is 9.20. The second-order valence-corrected chi connectivity index (χ2v) is 9.20. The van der Waals surface area contributed by atoms with Gasteiger partial charge >= 0.3 is 0 Å². The summed E-state index contributed by atoms with van der Waals surface area (Å²) < 4.78 is 6.01. The zero-order valence-corrected chi connectivity index (χ0v) is 17.4. The van der Waals surface area contributed by atoms with E-state index in [1.807, 2.05) is 18.5 Å². The Balaban J connectivity index is 1.32. The van der Waals surface area contributed by atoms with Crippen molar-refractivity contribution in [3.05, 3.63) is 59.9 Å². The summed E-state index contributed by atoms with van der Waals surface area (Å²) in [6.45, 7) is 9.85. The van der Waals surface area contributed by atoms with Crippen LogP contribution in [0.2, 0.25) is 0 Å². The van der Waals surface area contributed by atoms with Crippen molar-refractivity contribution in [1.82, 2.24) is 10.3 Å². The summed E-state index contributed by atoms with van der Waals surface area (Å²) in [5, 5.41) is 3.89. The molecule has 0 radical (unpaired) electrons. The van der Waals surface area contributed by atoms with Gasteiger partial charge in [-0.15, -0.1) is 0 Å². The number of hydrogen-bond acceptors (Lipinski definition) is 4. The summed E-state index contributed by atoms with van der Waals surface area (Å²) in [5.74, 6) is 0. The van der Waals surface area contributed by atoms with E-state index in [9.17, 15) is 0 Å². The van der Waals surface area contributed by atoms with Gasteiger partial charge in [-0.3, -0.25) is 4.98 Å². The normalized spacial score (nSPS) is 23.9. The molecule has 1 N–H and O–H groups in total. The molecule has 0 amide bonds. The van der Waals surface area contributed by atoms with Crippen molar-refractivity contribution >= 4 is 5.69 Å². The predicted molar refractivity (Wildman–Crippen MR) is 115 cm³/mol. The lowest BCUT2D eigenvalue weighted by Crippen LogP contribution is -2.47. The number of aromatic nitrogens is 1. The van der Waals surface area contributed by atoms with Gasteiger partial charge in [0.15, 0.2) is 0 Å². The van der Waals surface area contributed by atoms with E-state index in [-0.39, 0.29) is 11.5 Å². The number of pyridine rings is 1. The predicted octanol–water partition coefficient (Wildman–Crippen LogP) is 4.47. The smallest absolute Gasteiger partial charge is 0.0993 e. The lowest BCUT2D eigenvalue weighted by atomic mass is 9.87. The lowest BCUT2D eigenvalue weighted by molar-refractivity contribution is 0.0952. The van der Waals surface area contributed by atoms with E-state index in [0.29, 0.717) is 12.1 Å². The van der Waals surface area contributed by atoms with Crippen molar-refractivity contribution in [1.29, 1.82) is 0 Å². The summed E-state index contributed by atoms with van der Waals surface area (Å²) in [6, 6.07) is 14.2. The first-order chi connectivity index (χ1) is 13.5. The number of ether oxygens (including phenoxy) is 1. The monoisotopic (exact) mass is 379 g/mol. The summed E-state index contributed by atoms with van der Waals surface area (Å²) >= 11 is 0. The molecule has 0 saturated carbocycles. The maximum Gasteiger partial charge on any atom is 0.0993 e. The molecule has 1 aromatic carbocycles. The summed E-state index contributed by atoms with van der Waals surface area (Å²) in [7, 11) is 0. The molecule has 2 aromatic rings. The number of hydrogen-bond donors (Lipinski definition) is 1. The Labute approximate surface area is 169 Å². The second kappa shape index (κ2) is 8.22. The molecule has 4 nitrogen and oxygen atoms in total. The molecular formula is C24H33N3O. The van der Waals surface area contributed by atoms with Crippen molar-refractivity contribution in [2.24, 2.45) is 0 Å². The zero-order chi connectivity index (χ0) is 19.6. The Morgan fingerprint density at radius 3 is 2.43 bits per heavy atom. The largest absolute Gasteiger partial charge is 0.372 e. The van der Waals surface area contributed by atoms with Crippen LogP contribution in [0.15, 0.2) is 48.8 Å². The van der Waals surface area contributed by atoms with Crippen LogP contribution >= 0.6 is 0 Å². The van der Waals surface area contributed by atoms with E-state index in [2.05, 4.69) is 66.3 Å². The van der Waals surface area contributed by atoms with Gasteiger partial charge < -0.3 is 15.0 Å². The van der Waals surface area contributed by atoms with Crippen LogP contribution in [0.5, 0.6) is 0 Å². The third kappa shape index (κ3) is 4.39. The van der Waals surface area contributed by atoms with Gasteiger partial charge in [0.1, 0.15) is 0 Å². The highest BCUT2D eigenvalue weighted by Crippen LogP contribution is 2.30. The highest BCUT2D eigenvalue weighted by molar-refractivity contribution is 5.49. The summed E-state index contributed by atoms with van der Waals surface area (Å²) in [4.78, 5) is 6.78. The minimum absolute atomic E-state index is 0.136. The van der Waals surface area contributed by atoms with Crippen LogP contribution in [-0.2, 0) is 10.2 Å². The highest BCUT2D eigenvalue weighted by Gasteiger charge is 2.32. The lowest BCUT2D eigenvalue weighted by Gasteiger charge is -2.36. The number of rotatable bonds is 4. The molecule has 3 heterocycles. The molecular weight excluding hydrogens is 346 g/mol. The molecule has 2 fully saturated rings. The molecule has 2 aliphatic heterocycles. The fourth-order valence-corrected chi connectivity index (χ4v) is 4.41. The Kier molecular flexibility index (Phi) is 5.70. The minimum Gasteiger partial charge on any atom is -0.372 e. The molecule has 0 bridgehead atoms. The Bertz CT molecular complexity index is 746. The number of piperidine rings is 1. The third-order valence-electron chi connectivity index (χ3n) is 6.15. The van der Waals surface area contributed by atoms with Crippen LogP contribution < -0.4 is 10.2 Å². The van der Waals surface area contributed by atoms with Crippen LogP contribution in [0, 0.1) is 0 Å². The number of benzene rings is 1. The van der Waals surface area contributed by atoms with Gasteiger partial charge in [0.25, 0.3) is 0 Å². The van der Waals surface area contributed by atoms with Gasteiger partial charge in [0.05, 0.1) is 6.10 Å². The molecule has 28 heavy (non-hydrogen) atoms. The maximum absolute atomic E-state index is 6.01. The summed E-state index contributed by atoms with van der Waals surface area (Å²) in [6.07, 6.45) is 7.33. The number of nitrogens with zero attached hydrogens (tertiary/aromatic N) is 2. The van der Waals surface area contributed by atoms with E-state index in [1.165, 1.54) is 29.7 Å². The molecule has 0 unspecified atom stereocenters. The van der Waals surface area contributed by atoms with E-state index in [0.717, 1.165) is 26.1 Å². The molecule has 0 aliphatic carbocycles. The van der Waals surface area contributed by atoms with Gasteiger partial charge in [-0.25, -0.2) is 0 Å². The molecule has 1 aromatic heterocycles. The Morgan fingerprint density at radius 2 is 1.79 bits per heavy atom. The van der Waals surface area contributed by atoms with Crippen LogP contribution in [0.4, 0.5) is 5.69 Å². The van der Waals surface area contributed by atoms with Gasteiger partial charge in [0, 0.05) is 55.4 Å². The van der Waals surface area contributed by atoms with Crippen LogP contribution in [0.1, 0.15) is 57.3 Å². The topological polar surface area (TPSA) is 37.4 Å². The zero-order valence-electron chi connectivity index (χ0n) is 17.4. The Hall–Kier alpha value is -1.91. The standard InChI is InChI=1S/C24H33N3O/c1-24(2,3)19-6-8-21(9-7-19)27-14-10-20(11-15-27)26-22-12-16-28-23(22)18-5-4-13-25-17-18/h4-9,13,17,20,22-23,26H,10-12,14-16H2,1-3H3/t22-,23+/m0/s1. The maximum atomic E-state index is 6.01. The van der Waals surface area contributed by atoms with Crippen molar-refractivity contribution in [3.63, 3.8) is 0 Å². The minimum atomic E-state index is 0.136. The fraction of sp³-hybridized carbons (Fsp3) is 0.542. The first-order valence-corrected chi connectivity index (χ1v) is 10.6.